The van der Waals surface area contributed by atoms with Gasteiger partial charge in [0.05, 0.1) is 24.4 Å². The number of aldehydes is 1. The Bertz CT molecular complexity index is 531. The lowest BCUT2D eigenvalue weighted by atomic mass is 10.2. The molecular formula is C11H12N2O3. The molecule has 2 aromatic heterocycles. The number of aliphatic hydroxyl groups excluding tert-OH is 1. The standard InChI is InChI=1S/C11H12N2O3/c1-7(15)9-5-10-8(6-14)3-4-11(16-2)13(10)12-9/h3-7,15H,1-2H3. The van der Waals surface area contributed by atoms with Crippen LogP contribution in [0.25, 0.3) is 5.52 Å². The number of methoxy groups -OCH3 is 1. The summed E-state index contributed by atoms with van der Waals surface area (Å²) in [5.41, 5.74) is 1.65. The van der Waals surface area contributed by atoms with Crippen LogP contribution in [0.4, 0.5) is 0 Å². The van der Waals surface area contributed by atoms with Crippen LogP contribution in [0.2, 0.25) is 0 Å². The Labute approximate surface area is 92.3 Å². The van der Waals surface area contributed by atoms with Crippen molar-refractivity contribution in [3.63, 3.8) is 0 Å². The Kier molecular flexibility index (Phi) is 2.62. The molecule has 0 bridgehead atoms. The van der Waals surface area contributed by atoms with Crippen LogP contribution in [0, 0.1) is 0 Å². The molecule has 84 valence electrons. The van der Waals surface area contributed by atoms with E-state index < -0.39 is 6.10 Å². The van der Waals surface area contributed by atoms with Gasteiger partial charge >= 0.3 is 0 Å². The van der Waals surface area contributed by atoms with Crippen molar-refractivity contribution in [2.75, 3.05) is 7.11 Å². The van der Waals surface area contributed by atoms with Crippen molar-refractivity contribution < 1.29 is 14.6 Å². The normalized spacial score (nSPS) is 12.7. The largest absolute Gasteiger partial charge is 0.481 e. The SMILES string of the molecule is COc1ccc(C=O)c2cc(C(C)O)nn12. The van der Waals surface area contributed by atoms with Gasteiger partial charge in [0.15, 0.2) is 6.29 Å². The lowest BCUT2D eigenvalue weighted by Gasteiger charge is -2.03. The van der Waals surface area contributed by atoms with E-state index in [2.05, 4.69) is 5.10 Å². The number of pyridine rings is 1. The number of fused-ring (bicyclic) bond motifs is 1. The highest BCUT2D eigenvalue weighted by Crippen LogP contribution is 2.21. The number of carbonyl (C=O) groups is 1. The number of aromatic nitrogens is 2. The van der Waals surface area contributed by atoms with E-state index in [9.17, 15) is 9.90 Å². The maximum atomic E-state index is 10.9. The summed E-state index contributed by atoms with van der Waals surface area (Å²) in [5.74, 6) is 0.521. The molecular weight excluding hydrogens is 208 g/mol. The fourth-order valence-corrected chi connectivity index (χ4v) is 1.55. The lowest BCUT2D eigenvalue weighted by molar-refractivity contribution is 0.112. The third-order valence-corrected chi connectivity index (χ3v) is 2.40. The number of carbonyl (C=O) groups excluding carboxylic acids is 1. The summed E-state index contributed by atoms with van der Waals surface area (Å²) in [6.07, 6.45) is 0.0755. The second kappa shape index (κ2) is 3.94. The number of ether oxygens (including phenoxy) is 1. The van der Waals surface area contributed by atoms with Gasteiger partial charge in [0.1, 0.15) is 0 Å². The predicted molar refractivity (Wildman–Crippen MR) is 57.8 cm³/mol. The van der Waals surface area contributed by atoms with Crippen LogP contribution in [0.1, 0.15) is 29.1 Å². The second-order valence-electron chi connectivity index (χ2n) is 3.49. The molecule has 0 spiro atoms. The van der Waals surface area contributed by atoms with Gasteiger partial charge in [0, 0.05) is 11.6 Å². The first-order valence-electron chi connectivity index (χ1n) is 4.87. The van der Waals surface area contributed by atoms with Gasteiger partial charge in [-0.05, 0) is 19.1 Å². The molecule has 0 fully saturated rings. The van der Waals surface area contributed by atoms with Gasteiger partial charge in [-0.25, -0.2) is 0 Å². The van der Waals surface area contributed by atoms with Crippen molar-refractivity contribution >= 4 is 11.8 Å². The molecule has 2 heterocycles. The highest BCUT2D eigenvalue weighted by Gasteiger charge is 2.12. The first-order chi connectivity index (χ1) is 7.67. The summed E-state index contributed by atoms with van der Waals surface area (Å²) in [6, 6.07) is 5.00. The fraction of sp³-hybridized carbons (Fsp3) is 0.273. The van der Waals surface area contributed by atoms with E-state index in [0.717, 1.165) is 6.29 Å². The smallest absolute Gasteiger partial charge is 0.214 e. The van der Waals surface area contributed by atoms with E-state index in [1.54, 1.807) is 25.1 Å². The van der Waals surface area contributed by atoms with Gasteiger partial charge in [-0.1, -0.05) is 0 Å². The molecule has 0 aromatic carbocycles. The zero-order valence-corrected chi connectivity index (χ0v) is 9.04. The van der Waals surface area contributed by atoms with E-state index in [4.69, 9.17) is 4.74 Å². The summed E-state index contributed by atoms with van der Waals surface area (Å²) >= 11 is 0. The molecule has 2 rings (SSSR count). The molecule has 5 nitrogen and oxygen atoms in total. The van der Waals surface area contributed by atoms with Crippen LogP contribution in [-0.4, -0.2) is 28.1 Å². The van der Waals surface area contributed by atoms with E-state index in [1.807, 2.05) is 0 Å². The summed E-state index contributed by atoms with van der Waals surface area (Å²) < 4.78 is 6.63. The maximum absolute atomic E-state index is 10.9. The third-order valence-electron chi connectivity index (χ3n) is 2.40. The van der Waals surface area contributed by atoms with Crippen molar-refractivity contribution in [1.82, 2.24) is 9.61 Å². The topological polar surface area (TPSA) is 63.8 Å². The van der Waals surface area contributed by atoms with Gasteiger partial charge in [0.25, 0.3) is 0 Å². The molecule has 0 aliphatic heterocycles. The number of rotatable bonds is 3. The van der Waals surface area contributed by atoms with Crippen LogP contribution in [0.3, 0.4) is 0 Å². The number of aliphatic hydroxyl groups is 1. The van der Waals surface area contributed by atoms with Crippen LogP contribution in [-0.2, 0) is 0 Å². The van der Waals surface area contributed by atoms with Gasteiger partial charge in [-0.3, -0.25) is 4.79 Å². The van der Waals surface area contributed by atoms with Crippen molar-refractivity contribution in [3.8, 4) is 5.88 Å². The molecule has 1 atom stereocenters. The Morgan fingerprint density at radius 2 is 2.31 bits per heavy atom. The number of hydrogen-bond acceptors (Lipinski definition) is 4. The quantitative estimate of drug-likeness (QED) is 0.789. The number of hydrogen-bond donors (Lipinski definition) is 1. The molecule has 16 heavy (non-hydrogen) atoms. The first kappa shape index (κ1) is 10.6. The Balaban J connectivity index is 2.75. The van der Waals surface area contributed by atoms with E-state index in [-0.39, 0.29) is 0 Å². The highest BCUT2D eigenvalue weighted by atomic mass is 16.5. The minimum atomic E-state index is -0.677. The first-order valence-corrected chi connectivity index (χ1v) is 4.87. The van der Waals surface area contributed by atoms with Crippen LogP contribution >= 0.6 is 0 Å². The molecule has 1 N–H and O–H groups in total. The maximum Gasteiger partial charge on any atom is 0.214 e. The minimum Gasteiger partial charge on any atom is -0.481 e. The summed E-state index contributed by atoms with van der Waals surface area (Å²) in [7, 11) is 1.53. The fourth-order valence-electron chi connectivity index (χ4n) is 1.55. The predicted octanol–water partition coefficient (Wildman–Crippen LogP) is 1.21. The zero-order chi connectivity index (χ0) is 11.7. The molecule has 0 aliphatic rings. The van der Waals surface area contributed by atoms with Crippen molar-refractivity contribution in [1.29, 1.82) is 0 Å². The van der Waals surface area contributed by atoms with Crippen LogP contribution < -0.4 is 4.74 Å². The van der Waals surface area contributed by atoms with E-state index in [0.29, 0.717) is 22.7 Å². The van der Waals surface area contributed by atoms with Gasteiger partial charge in [0.2, 0.25) is 5.88 Å². The lowest BCUT2D eigenvalue weighted by Crippen LogP contribution is -1.99. The van der Waals surface area contributed by atoms with E-state index in [1.165, 1.54) is 11.6 Å². The highest BCUT2D eigenvalue weighted by molar-refractivity contribution is 5.86. The molecule has 0 radical (unpaired) electrons. The van der Waals surface area contributed by atoms with Crippen molar-refractivity contribution in [2.45, 2.75) is 13.0 Å². The molecule has 0 aliphatic carbocycles. The Hall–Kier alpha value is -1.88. The second-order valence-corrected chi connectivity index (χ2v) is 3.49. The molecule has 1 unspecified atom stereocenters. The average molecular weight is 220 g/mol. The van der Waals surface area contributed by atoms with Crippen LogP contribution in [0.15, 0.2) is 18.2 Å². The number of nitrogens with zero attached hydrogens (tertiary/aromatic N) is 2. The summed E-state index contributed by atoms with van der Waals surface area (Å²) in [4.78, 5) is 10.9. The Morgan fingerprint density at radius 1 is 1.56 bits per heavy atom. The molecule has 5 heteroatoms. The minimum absolute atomic E-state index is 0.507. The van der Waals surface area contributed by atoms with Gasteiger partial charge in [-0.2, -0.15) is 9.61 Å². The van der Waals surface area contributed by atoms with Crippen LogP contribution in [0.5, 0.6) is 5.88 Å². The molecule has 2 aromatic rings. The van der Waals surface area contributed by atoms with E-state index >= 15 is 0 Å². The van der Waals surface area contributed by atoms with Gasteiger partial charge < -0.3 is 9.84 Å². The van der Waals surface area contributed by atoms with Gasteiger partial charge in [-0.15, -0.1) is 0 Å². The van der Waals surface area contributed by atoms with Crippen molar-refractivity contribution in [3.05, 3.63) is 29.5 Å². The molecule has 0 amide bonds. The monoisotopic (exact) mass is 220 g/mol. The third kappa shape index (κ3) is 1.55. The summed E-state index contributed by atoms with van der Waals surface area (Å²) in [5, 5.41) is 13.6. The molecule has 0 saturated heterocycles. The summed E-state index contributed by atoms with van der Waals surface area (Å²) in [6.45, 7) is 1.62. The van der Waals surface area contributed by atoms with Crippen molar-refractivity contribution in [2.24, 2.45) is 0 Å². The zero-order valence-electron chi connectivity index (χ0n) is 9.04. The average Bonchev–Trinajstić information content (AvgIpc) is 2.72. The Morgan fingerprint density at radius 3 is 2.88 bits per heavy atom. The molecule has 0 saturated carbocycles.